The Morgan fingerprint density at radius 3 is 1.85 bits per heavy atom. The Kier molecular flexibility index (Phi) is 3.34. The summed E-state index contributed by atoms with van der Waals surface area (Å²) in [7, 11) is 0. The Labute approximate surface area is 192 Å². The number of rotatable bonds is 0. The van der Waals surface area contributed by atoms with Gasteiger partial charge in [0.25, 0.3) is 0 Å². The molecular weight excluding hydrogens is 418 g/mol. The van der Waals surface area contributed by atoms with Gasteiger partial charge in [0.1, 0.15) is 0 Å². The van der Waals surface area contributed by atoms with Crippen LogP contribution in [-0.4, -0.2) is 24.9 Å². The minimum absolute atomic E-state index is 0.876. The van der Waals surface area contributed by atoms with Gasteiger partial charge < -0.3 is 0 Å². The van der Waals surface area contributed by atoms with Crippen molar-refractivity contribution in [1.82, 2.24) is 24.9 Å². The molecular formula is C29H15N5. The molecule has 3 aromatic carbocycles. The number of benzene rings is 3. The lowest BCUT2D eigenvalue weighted by atomic mass is 10.00. The lowest BCUT2D eigenvalue weighted by Gasteiger charge is -2.11. The molecule has 0 N–H and O–H groups in total. The summed E-state index contributed by atoms with van der Waals surface area (Å²) in [6.45, 7) is 0. The number of nitrogens with zero attached hydrogens (tertiary/aromatic N) is 5. The van der Waals surface area contributed by atoms with Crippen molar-refractivity contribution in [2.45, 2.75) is 0 Å². The zero-order valence-electron chi connectivity index (χ0n) is 17.9. The second-order valence-electron chi connectivity index (χ2n) is 8.58. The monoisotopic (exact) mass is 433 g/mol. The molecule has 0 radical (unpaired) electrons. The van der Waals surface area contributed by atoms with E-state index in [-0.39, 0.29) is 0 Å². The first-order valence-electron chi connectivity index (χ1n) is 11.2. The smallest absolute Gasteiger partial charge is 0.0986 e. The van der Waals surface area contributed by atoms with Crippen LogP contribution in [0.25, 0.3) is 76.3 Å². The van der Waals surface area contributed by atoms with Gasteiger partial charge in [0.2, 0.25) is 0 Å². The second kappa shape index (κ2) is 6.39. The highest BCUT2D eigenvalue weighted by Crippen LogP contribution is 2.36. The van der Waals surface area contributed by atoms with Crippen LogP contribution < -0.4 is 0 Å². The first kappa shape index (κ1) is 17.7. The summed E-state index contributed by atoms with van der Waals surface area (Å²) in [5.41, 5.74) is 6.47. The predicted molar refractivity (Wildman–Crippen MR) is 138 cm³/mol. The SMILES string of the molecule is c1cnc2ccc3cc4ccc5nc6c(cc5c4nc3c2c1)c1cccnc1c1ncccc61. The minimum Gasteiger partial charge on any atom is -0.256 e. The molecule has 156 valence electrons. The van der Waals surface area contributed by atoms with Crippen molar-refractivity contribution < 1.29 is 0 Å². The molecule has 0 atom stereocenters. The van der Waals surface area contributed by atoms with Gasteiger partial charge in [-0.1, -0.05) is 18.2 Å². The lowest BCUT2D eigenvalue weighted by molar-refractivity contribution is 1.37. The highest BCUT2D eigenvalue weighted by atomic mass is 14.8. The van der Waals surface area contributed by atoms with E-state index in [1.165, 1.54) is 0 Å². The predicted octanol–water partition coefficient (Wildman–Crippen LogP) is 6.73. The van der Waals surface area contributed by atoms with Crippen LogP contribution in [0.5, 0.6) is 0 Å². The Balaban J connectivity index is 1.60. The molecule has 0 aliphatic carbocycles. The zero-order chi connectivity index (χ0) is 22.2. The van der Waals surface area contributed by atoms with Gasteiger partial charge in [-0.3, -0.25) is 15.0 Å². The third-order valence-corrected chi connectivity index (χ3v) is 6.71. The quantitative estimate of drug-likeness (QED) is 0.196. The highest BCUT2D eigenvalue weighted by molar-refractivity contribution is 6.24. The summed E-state index contributed by atoms with van der Waals surface area (Å²) in [6.07, 6.45) is 5.45. The lowest BCUT2D eigenvalue weighted by Crippen LogP contribution is -1.92. The molecule has 5 heteroatoms. The molecule has 0 aliphatic rings. The number of hydrogen-bond acceptors (Lipinski definition) is 5. The molecule has 0 amide bonds. The van der Waals surface area contributed by atoms with Crippen molar-refractivity contribution in [3.8, 4) is 0 Å². The summed E-state index contributed by atoms with van der Waals surface area (Å²) in [5.74, 6) is 0. The average Bonchev–Trinajstić information content (AvgIpc) is 2.91. The fourth-order valence-electron chi connectivity index (χ4n) is 5.17. The molecule has 0 unspecified atom stereocenters. The van der Waals surface area contributed by atoms with Crippen molar-refractivity contribution in [2.75, 3.05) is 0 Å². The van der Waals surface area contributed by atoms with Crippen molar-refractivity contribution in [1.29, 1.82) is 0 Å². The van der Waals surface area contributed by atoms with E-state index >= 15 is 0 Å². The van der Waals surface area contributed by atoms with Crippen LogP contribution >= 0.6 is 0 Å². The Morgan fingerprint density at radius 1 is 0.382 bits per heavy atom. The molecule has 0 aliphatic heterocycles. The van der Waals surface area contributed by atoms with Crippen LogP contribution in [0.3, 0.4) is 0 Å². The van der Waals surface area contributed by atoms with Crippen LogP contribution in [0.1, 0.15) is 0 Å². The maximum Gasteiger partial charge on any atom is 0.0986 e. The summed E-state index contributed by atoms with van der Waals surface area (Å²) in [6, 6.07) is 24.9. The van der Waals surface area contributed by atoms with Crippen LogP contribution in [0.4, 0.5) is 0 Å². The molecule has 5 heterocycles. The molecule has 0 bridgehead atoms. The van der Waals surface area contributed by atoms with E-state index in [9.17, 15) is 0 Å². The number of aromatic nitrogens is 5. The Morgan fingerprint density at radius 2 is 1.03 bits per heavy atom. The van der Waals surface area contributed by atoms with Gasteiger partial charge in [-0.15, -0.1) is 0 Å². The van der Waals surface area contributed by atoms with E-state index in [2.05, 4.69) is 69.5 Å². The molecule has 8 aromatic rings. The number of fused-ring (bicyclic) bond motifs is 12. The Hall–Kier alpha value is -4.77. The molecule has 0 spiro atoms. The molecule has 0 saturated heterocycles. The van der Waals surface area contributed by atoms with Gasteiger partial charge in [-0.2, -0.15) is 0 Å². The molecule has 5 nitrogen and oxygen atoms in total. The summed E-state index contributed by atoms with van der Waals surface area (Å²) in [5, 5.41) is 7.40. The van der Waals surface area contributed by atoms with Crippen molar-refractivity contribution in [3.05, 3.63) is 91.4 Å². The van der Waals surface area contributed by atoms with Gasteiger partial charge in [-0.25, -0.2) is 9.97 Å². The topological polar surface area (TPSA) is 64.5 Å². The van der Waals surface area contributed by atoms with E-state index in [4.69, 9.17) is 9.97 Å². The van der Waals surface area contributed by atoms with Crippen LogP contribution in [0, 0.1) is 0 Å². The molecule has 5 aromatic heterocycles. The fourth-order valence-corrected chi connectivity index (χ4v) is 5.17. The van der Waals surface area contributed by atoms with Crippen molar-refractivity contribution in [2.24, 2.45) is 0 Å². The number of hydrogen-bond donors (Lipinski definition) is 0. The molecule has 8 rings (SSSR count). The summed E-state index contributed by atoms with van der Waals surface area (Å²) in [4.78, 5) is 24.1. The van der Waals surface area contributed by atoms with Gasteiger partial charge in [0.15, 0.2) is 0 Å². The number of pyridine rings is 5. The van der Waals surface area contributed by atoms with E-state index in [1.54, 1.807) is 0 Å². The van der Waals surface area contributed by atoms with E-state index < -0.39 is 0 Å². The van der Waals surface area contributed by atoms with Gasteiger partial charge >= 0.3 is 0 Å². The van der Waals surface area contributed by atoms with E-state index in [0.717, 1.165) is 76.3 Å². The first-order chi connectivity index (χ1) is 16.8. The molecule has 0 saturated carbocycles. The zero-order valence-corrected chi connectivity index (χ0v) is 17.9. The van der Waals surface area contributed by atoms with Crippen LogP contribution in [0.15, 0.2) is 91.4 Å². The standard InChI is InChI=1S/C29H15N5/c1-4-18-21-15-22-24(33-27(21)20-6-3-13-32-29(20)28(18)31-12-1)10-8-17-14-16-7-9-23-19(5-2-11-30-23)25(16)34-26(17)22/h1-15H. The van der Waals surface area contributed by atoms with E-state index in [1.807, 2.05) is 36.8 Å². The molecule has 0 fully saturated rings. The summed E-state index contributed by atoms with van der Waals surface area (Å²) < 4.78 is 0. The highest BCUT2D eigenvalue weighted by Gasteiger charge is 2.14. The van der Waals surface area contributed by atoms with Gasteiger partial charge in [0, 0.05) is 56.3 Å². The van der Waals surface area contributed by atoms with Crippen LogP contribution in [-0.2, 0) is 0 Å². The van der Waals surface area contributed by atoms with Crippen molar-refractivity contribution >= 4 is 76.3 Å². The van der Waals surface area contributed by atoms with Gasteiger partial charge in [0.05, 0.1) is 38.6 Å². The minimum atomic E-state index is 0.876. The largest absolute Gasteiger partial charge is 0.256 e. The first-order valence-corrected chi connectivity index (χ1v) is 11.2. The summed E-state index contributed by atoms with van der Waals surface area (Å²) >= 11 is 0. The fraction of sp³-hybridized carbons (Fsp3) is 0. The van der Waals surface area contributed by atoms with Crippen LogP contribution in [0.2, 0.25) is 0 Å². The Bertz CT molecular complexity index is 2130. The maximum atomic E-state index is 5.18. The third-order valence-electron chi connectivity index (χ3n) is 6.71. The second-order valence-corrected chi connectivity index (χ2v) is 8.58. The van der Waals surface area contributed by atoms with Crippen molar-refractivity contribution in [3.63, 3.8) is 0 Å². The maximum absolute atomic E-state index is 5.18. The molecule has 34 heavy (non-hydrogen) atoms. The third kappa shape index (κ3) is 2.30. The normalized spacial score (nSPS) is 12.1. The van der Waals surface area contributed by atoms with E-state index in [0.29, 0.717) is 0 Å². The average molecular weight is 433 g/mol. The van der Waals surface area contributed by atoms with Gasteiger partial charge in [-0.05, 0) is 54.6 Å².